The molecule has 0 saturated heterocycles. The average Bonchev–Trinajstić information content (AvgIpc) is 3.09. The maximum atomic E-state index is 12.3. The lowest BCUT2D eigenvalue weighted by Crippen LogP contribution is -2.14. The van der Waals surface area contributed by atoms with Crippen molar-refractivity contribution in [2.75, 3.05) is 12.4 Å². The van der Waals surface area contributed by atoms with E-state index >= 15 is 0 Å². The summed E-state index contributed by atoms with van der Waals surface area (Å²) in [4.78, 5) is 12.3. The molecule has 3 aromatic rings. The number of hydrogen-bond acceptors (Lipinski definition) is 5. The van der Waals surface area contributed by atoms with E-state index in [0.717, 1.165) is 21.9 Å². The van der Waals surface area contributed by atoms with Crippen molar-refractivity contribution in [3.8, 4) is 5.75 Å². The van der Waals surface area contributed by atoms with E-state index in [1.165, 1.54) is 11.3 Å². The topological polar surface area (TPSA) is 64.1 Å². The van der Waals surface area contributed by atoms with Crippen LogP contribution in [0.25, 0.3) is 0 Å². The number of methoxy groups -OCH3 is 1. The van der Waals surface area contributed by atoms with E-state index < -0.39 is 0 Å². The summed E-state index contributed by atoms with van der Waals surface area (Å²) in [6, 6.07) is 17.8. The molecule has 0 bridgehead atoms. The molecule has 1 amide bonds. The Morgan fingerprint density at radius 2 is 1.85 bits per heavy atom. The normalized spacial score (nSPS) is 11.8. The van der Waals surface area contributed by atoms with Gasteiger partial charge in [-0.2, -0.15) is 0 Å². The molecule has 26 heavy (non-hydrogen) atoms. The molecule has 0 radical (unpaired) electrons. The molecule has 0 saturated carbocycles. The minimum Gasteiger partial charge on any atom is -0.496 e. The number of carbonyl (C=O) groups is 1. The van der Waals surface area contributed by atoms with Crippen molar-refractivity contribution < 1.29 is 9.53 Å². The highest BCUT2D eigenvalue weighted by atomic mass is 32.1. The Morgan fingerprint density at radius 1 is 1.12 bits per heavy atom. The van der Waals surface area contributed by atoms with E-state index in [0.29, 0.717) is 18.0 Å². The van der Waals surface area contributed by atoms with Crippen LogP contribution < -0.4 is 10.1 Å². The molecule has 2 aromatic carbocycles. The van der Waals surface area contributed by atoms with Crippen molar-refractivity contribution in [3.05, 3.63) is 70.7 Å². The monoisotopic (exact) mass is 367 g/mol. The minimum absolute atomic E-state index is 0.0543. The van der Waals surface area contributed by atoms with Crippen LogP contribution in [0, 0.1) is 0 Å². The highest BCUT2D eigenvalue weighted by Crippen LogP contribution is 2.25. The summed E-state index contributed by atoms with van der Waals surface area (Å²) in [5.74, 6) is 0.920. The Kier molecular flexibility index (Phi) is 5.96. The largest absolute Gasteiger partial charge is 0.496 e. The summed E-state index contributed by atoms with van der Waals surface area (Å²) in [6.45, 7) is 2.04. The number of nitrogens with zero attached hydrogens (tertiary/aromatic N) is 2. The molecule has 0 fully saturated rings. The van der Waals surface area contributed by atoms with Gasteiger partial charge in [0.15, 0.2) is 0 Å². The lowest BCUT2D eigenvalue weighted by molar-refractivity contribution is -0.116. The van der Waals surface area contributed by atoms with Gasteiger partial charge >= 0.3 is 0 Å². The summed E-state index contributed by atoms with van der Waals surface area (Å²) < 4.78 is 5.36. The molecule has 1 heterocycles. The predicted octanol–water partition coefficient (Wildman–Crippen LogP) is 4.27. The first-order valence-electron chi connectivity index (χ1n) is 8.44. The summed E-state index contributed by atoms with van der Waals surface area (Å²) in [5.41, 5.74) is 2.19. The van der Waals surface area contributed by atoms with Crippen LogP contribution in [0.15, 0.2) is 54.6 Å². The van der Waals surface area contributed by atoms with Crippen molar-refractivity contribution in [2.24, 2.45) is 0 Å². The van der Waals surface area contributed by atoms with Gasteiger partial charge in [0, 0.05) is 18.4 Å². The van der Waals surface area contributed by atoms with Crippen molar-refractivity contribution in [1.82, 2.24) is 10.2 Å². The van der Waals surface area contributed by atoms with Crippen LogP contribution >= 0.6 is 11.3 Å². The standard InChI is InChI=1S/C20H21N3O2S/c1-14(15-8-4-3-5-9-15)12-18(24)21-20-23-22-19(26-20)13-16-10-6-7-11-17(16)25-2/h3-11,14H,12-13H2,1-2H3,(H,21,23,24). The van der Waals surface area contributed by atoms with Gasteiger partial charge in [0.05, 0.1) is 7.11 Å². The van der Waals surface area contributed by atoms with Gasteiger partial charge in [-0.25, -0.2) is 0 Å². The summed E-state index contributed by atoms with van der Waals surface area (Å²) in [5, 5.41) is 12.5. The fraction of sp³-hybridized carbons (Fsp3) is 0.250. The number of para-hydroxylation sites is 1. The van der Waals surface area contributed by atoms with Crippen molar-refractivity contribution in [2.45, 2.75) is 25.7 Å². The SMILES string of the molecule is COc1ccccc1Cc1nnc(NC(=O)CC(C)c2ccccc2)s1. The van der Waals surface area contributed by atoms with Crippen LogP contribution in [0.1, 0.15) is 35.4 Å². The molecule has 1 atom stereocenters. The highest BCUT2D eigenvalue weighted by Gasteiger charge is 2.14. The first-order chi connectivity index (χ1) is 12.7. The smallest absolute Gasteiger partial charge is 0.226 e. The van der Waals surface area contributed by atoms with Crippen molar-refractivity contribution >= 4 is 22.4 Å². The number of benzene rings is 2. The Morgan fingerprint density at radius 3 is 2.62 bits per heavy atom. The fourth-order valence-corrected chi connectivity index (χ4v) is 3.51. The van der Waals surface area contributed by atoms with Crippen LogP contribution in [0.4, 0.5) is 5.13 Å². The molecular formula is C20H21N3O2S. The van der Waals surface area contributed by atoms with Crippen LogP contribution in [-0.4, -0.2) is 23.2 Å². The molecule has 3 rings (SSSR count). The van der Waals surface area contributed by atoms with Gasteiger partial charge in [-0.15, -0.1) is 10.2 Å². The van der Waals surface area contributed by atoms with Gasteiger partial charge in [0.25, 0.3) is 0 Å². The third kappa shape index (κ3) is 4.67. The van der Waals surface area contributed by atoms with Gasteiger partial charge in [-0.05, 0) is 17.5 Å². The maximum absolute atomic E-state index is 12.3. The van der Waals surface area contributed by atoms with Gasteiger partial charge in [-0.1, -0.05) is 66.8 Å². The van der Waals surface area contributed by atoms with E-state index in [1.807, 2.05) is 61.5 Å². The molecule has 0 aliphatic carbocycles. The molecule has 134 valence electrons. The van der Waals surface area contributed by atoms with Crippen LogP contribution in [0.2, 0.25) is 0 Å². The first-order valence-corrected chi connectivity index (χ1v) is 9.26. The minimum atomic E-state index is -0.0543. The zero-order valence-electron chi connectivity index (χ0n) is 14.8. The second-order valence-corrected chi connectivity index (χ2v) is 7.12. The van der Waals surface area contributed by atoms with Gasteiger partial charge in [0.1, 0.15) is 10.8 Å². The second-order valence-electron chi connectivity index (χ2n) is 6.05. The highest BCUT2D eigenvalue weighted by molar-refractivity contribution is 7.15. The van der Waals surface area contributed by atoms with E-state index in [-0.39, 0.29) is 11.8 Å². The number of aromatic nitrogens is 2. The van der Waals surface area contributed by atoms with E-state index in [1.54, 1.807) is 7.11 Å². The zero-order valence-corrected chi connectivity index (χ0v) is 15.6. The van der Waals surface area contributed by atoms with E-state index in [9.17, 15) is 4.79 Å². The number of ether oxygens (including phenoxy) is 1. The molecular weight excluding hydrogens is 346 g/mol. The third-order valence-electron chi connectivity index (χ3n) is 4.11. The lowest BCUT2D eigenvalue weighted by Gasteiger charge is -2.10. The Hall–Kier alpha value is -2.73. The fourth-order valence-electron chi connectivity index (χ4n) is 2.74. The molecule has 0 aliphatic rings. The molecule has 5 nitrogen and oxygen atoms in total. The lowest BCUT2D eigenvalue weighted by atomic mass is 9.98. The quantitative estimate of drug-likeness (QED) is 0.677. The molecule has 1 N–H and O–H groups in total. The third-order valence-corrected chi connectivity index (χ3v) is 4.95. The number of nitrogens with one attached hydrogen (secondary N) is 1. The van der Waals surface area contributed by atoms with E-state index in [4.69, 9.17) is 4.74 Å². The average molecular weight is 367 g/mol. The van der Waals surface area contributed by atoms with Crippen molar-refractivity contribution in [3.63, 3.8) is 0 Å². The Balaban J connectivity index is 1.59. The molecule has 0 spiro atoms. The van der Waals surface area contributed by atoms with Gasteiger partial charge in [-0.3, -0.25) is 4.79 Å². The van der Waals surface area contributed by atoms with E-state index in [2.05, 4.69) is 15.5 Å². The van der Waals surface area contributed by atoms with Crippen LogP contribution in [-0.2, 0) is 11.2 Å². The van der Waals surface area contributed by atoms with Crippen LogP contribution in [0.3, 0.4) is 0 Å². The summed E-state index contributed by atoms with van der Waals surface area (Å²) in [7, 11) is 1.65. The summed E-state index contributed by atoms with van der Waals surface area (Å²) in [6.07, 6.45) is 1.03. The Labute approximate surface area is 157 Å². The predicted molar refractivity (Wildman–Crippen MR) is 104 cm³/mol. The number of amides is 1. The van der Waals surface area contributed by atoms with Gasteiger partial charge < -0.3 is 10.1 Å². The Bertz CT molecular complexity index is 864. The molecule has 0 aliphatic heterocycles. The number of carbonyl (C=O) groups excluding carboxylic acids is 1. The number of hydrogen-bond donors (Lipinski definition) is 1. The molecule has 1 aromatic heterocycles. The van der Waals surface area contributed by atoms with Gasteiger partial charge in [0.2, 0.25) is 11.0 Å². The number of rotatable bonds is 7. The molecule has 6 heteroatoms. The summed E-state index contributed by atoms with van der Waals surface area (Å²) >= 11 is 1.39. The van der Waals surface area contributed by atoms with Crippen molar-refractivity contribution in [1.29, 1.82) is 0 Å². The molecule has 1 unspecified atom stereocenters. The second kappa shape index (κ2) is 8.58. The maximum Gasteiger partial charge on any atom is 0.226 e. The van der Waals surface area contributed by atoms with Crippen LogP contribution in [0.5, 0.6) is 5.75 Å². The first kappa shape index (κ1) is 18.1. The zero-order chi connectivity index (χ0) is 18.4. The number of anilines is 1.